The Morgan fingerprint density at radius 3 is 1.53 bits per heavy atom. The van der Waals surface area contributed by atoms with Gasteiger partial charge < -0.3 is 0 Å². The van der Waals surface area contributed by atoms with Crippen molar-refractivity contribution in [1.82, 2.24) is 0 Å². The Kier molecular flexibility index (Phi) is 15.7. The van der Waals surface area contributed by atoms with Crippen LogP contribution in [-0.4, -0.2) is 3.26 Å². The molecule has 0 radical (unpaired) electrons. The predicted octanol–water partition coefficient (Wildman–Crippen LogP) is 13.6. The zero-order valence-corrected chi connectivity index (χ0v) is 35.8. The summed E-state index contributed by atoms with van der Waals surface area (Å²) in [6.45, 7) is 22.9. The molecule has 47 heavy (non-hydrogen) atoms. The summed E-state index contributed by atoms with van der Waals surface area (Å²) in [4.78, 5) is 0. The van der Waals surface area contributed by atoms with E-state index in [0.717, 1.165) is 12.3 Å². The van der Waals surface area contributed by atoms with Crippen LogP contribution in [-0.2, 0) is 34.7 Å². The summed E-state index contributed by atoms with van der Waals surface area (Å²) in [6.07, 6.45) is 15.7. The second-order valence-electron chi connectivity index (χ2n) is 15.8. The molecule has 0 bridgehead atoms. The summed E-state index contributed by atoms with van der Waals surface area (Å²) in [5.74, 6) is 2.17. The largest absolute Gasteiger partial charge is 0.273 e. The topological polar surface area (TPSA) is 0 Å². The smallest absolute Gasteiger partial charge is 0.109 e. The third-order valence-corrected chi connectivity index (χ3v) is 11.9. The first-order valence-electron chi connectivity index (χ1n) is 17.2. The Balaban J connectivity index is 0.000000275. The molecule has 0 spiro atoms. The van der Waals surface area contributed by atoms with Crippen molar-refractivity contribution in [1.29, 1.82) is 0 Å². The molecule has 0 saturated heterocycles. The molecule has 1 fully saturated rings. The fourth-order valence-electron chi connectivity index (χ4n) is 6.24. The molecule has 4 aromatic rings. The van der Waals surface area contributed by atoms with Crippen molar-refractivity contribution >= 4 is 49.6 Å². The summed E-state index contributed by atoms with van der Waals surface area (Å²) in [5.41, 5.74) is 7.82. The minimum atomic E-state index is 0. The molecular weight excluding hydrogens is 778 g/mol. The molecule has 3 heteroatoms. The maximum Gasteiger partial charge on any atom is -0.109 e. The van der Waals surface area contributed by atoms with Gasteiger partial charge in [-0.15, -0.1) is 71.0 Å². The van der Waals surface area contributed by atoms with Gasteiger partial charge in [0.2, 0.25) is 0 Å². The Bertz CT molecular complexity index is 1560. The number of allylic oxidation sites excluding steroid dienone is 4. The molecule has 0 atom stereocenters. The Hall–Kier alpha value is -1.67. The van der Waals surface area contributed by atoms with Crippen LogP contribution in [0, 0.1) is 12.0 Å². The molecule has 1 saturated carbocycles. The monoisotopic (exact) mass is 836 g/mol. The van der Waals surface area contributed by atoms with E-state index >= 15 is 0 Å². The molecule has 0 aromatic heterocycles. The van der Waals surface area contributed by atoms with Gasteiger partial charge in [0, 0.05) is 0 Å². The Labute approximate surface area is 314 Å². The standard InChI is InChI=1S/C21H25.C18H26.C5H5.2ClH.Hf/c1-20(2,3)16-7-9-18-14(12-16)11-15-13-17(21(4,5)6)8-10-19(15)18;1-13(2)17-10-16(9-15-7-5-6-8-15)11-18(12-17)14(3)4;1-2-4-5-3-1;;;/h7-13H,1-6H3;10-15H,5-8H2,1-4H3;1-3H,4H2;2*1H;/q-1;;-1;;;+2. The van der Waals surface area contributed by atoms with Crippen molar-refractivity contribution in [3.8, 4) is 0 Å². The average molecular weight is 836 g/mol. The third kappa shape index (κ3) is 11.2. The summed E-state index contributed by atoms with van der Waals surface area (Å²) >= 11 is 1.22. The number of halogens is 2. The number of benzene rings is 3. The van der Waals surface area contributed by atoms with Crippen LogP contribution in [0.5, 0.6) is 0 Å². The van der Waals surface area contributed by atoms with Gasteiger partial charge >= 0.3 is 133 Å². The molecule has 4 aromatic carbocycles. The number of fused-ring (bicyclic) bond motifs is 3. The van der Waals surface area contributed by atoms with E-state index in [9.17, 15) is 0 Å². The summed E-state index contributed by atoms with van der Waals surface area (Å²) in [6, 6.07) is 23.5. The van der Waals surface area contributed by atoms with Crippen molar-refractivity contribution in [3.63, 3.8) is 0 Å². The second kappa shape index (κ2) is 17.8. The number of hydrogen-bond acceptors (Lipinski definition) is 0. The maximum absolute atomic E-state index is 2.99. The van der Waals surface area contributed by atoms with Crippen LogP contribution in [0.25, 0.3) is 21.5 Å². The van der Waals surface area contributed by atoms with Gasteiger partial charge in [0.05, 0.1) is 0 Å². The fraction of sp³-hybridized carbons (Fsp3) is 0.455. The summed E-state index contributed by atoms with van der Waals surface area (Å²) in [7, 11) is 0. The molecule has 0 aliphatic heterocycles. The van der Waals surface area contributed by atoms with Crippen molar-refractivity contribution in [2.75, 3.05) is 0 Å². The molecule has 0 heterocycles. The van der Waals surface area contributed by atoms with E-state index in [0.29, 0.717) is 11.8 Å². The predicted molar refractivity (Wildman–Crippen MR) is 211 cm³/mol. The van der Waals surface area contributed by atoms with Gasteiger partial charge in [-0.2, -0.15) is 6.08 Å². The van der Waals surface area contributed by atoms with Crippen molar-refractivity contribution in [3.05, 3.63) is 113 Å². The molecule has 2 aliphatic carbocycles. The van der Waals surface area contributed by atoms with Crippen molar-refractivity contribution in [2.45, 2.75) is 124 Å². The second-order valence-corrected chi connectivity index (χ2v) is 17.8. The van der Waals surface area contributed by atoms with Gasteiger partial charge in [0.25, 0.3) is 0 Å². The van der Waals surface area contributed by atoms with Crippen molar-refractivity contribution < 1.29 is 23.9 Å². The van der Waals surface area contributed by atoms with E-state index in [4.69, 9.17) is 0 Å². The maximum atomic E-state index is 2.99. The number of hydrogen-bond donors (Lipinski definition) is 0. The molecule has 0 N–H and O–H groups in total. The molecule has 6 rings (SSSR count). The minimum absolute atomic E-state index is 0. The SMILES string of the molecule is CC(C)(C)c1ccc2c(c1)[cH-]c1cc(C(C)(C)C)ccc12.CC(C)c1cc([C](=[Hf+2])C2CCCC2)cc(C(C)C)c1.Cl.Cl.[C-]1=CC=CC1. The molecule has 0 unspecified atom stereocenters. The van der Waals surface area contributed by atoms with E-state index in [1.165, 1.54) is 93.4 Å². The first-order chi connectivity index (χ1) is 21.1. The van der Waals surface area contributed by atoms with Crippen LogP contribution in [0.3, 0.4) is 0 Å². The zero-order chi connectivity index (χ0) is 32.9. The van der Waals surface area contributed by atoms with Gasteiger partial charge in [-0.05, 0) is 10.8 Å². The number of rotatable bonds is 4. The van der Waals surface area contributed by atoms with E-state index in [1.807, 2.05) is 12.2 Å². The molecule has 252 valence electrons. The Morgan fingerprint density at radius 1 is 0.723 bits per heavy atom. The van der Waals surface area contributed by atoms with Crippen LogP contribution in [0.2, 0.25) is 0 Å². The van der Waals surface area contributed by atoms with Gasteiger partial charge in [-0.1, -0.05) is 76.9 Å². The summed E-state index contributed by atoms with van der Waals surface area (Å²) < 4.78 is 1.77. The van der Waals surface area contributed by atoms with E-state index in [2.05, 4.69) is 142 Å². The van der Waals surface area contributed by atoms with Crippen LogP contribution in [0.4, 0.5) is 0 Å². The van der Waals surface area contributed by atoms with E-state index in [1.54, 1.807) is 8.82 Å². The average Bonchev–Trinajstić information content (AvgIpc) is 3.78. The van der Waals surface area contributed by atoms with Gasteiger partial charge in [-0.25, -0.2) is 12.2 Å². The van der Waals surface area contributed by atoms with Gasteiger partial charge in [0.15, 0.2) is 0 Å². The molecule has 0 amide bonds. The fourth-order valence-corrected chi connectivity index (χ4v) is 7.80. The van der Waals surface area contributed by atoms with E-state index in [-0.39, 0.29) is 35.6 Å². The van der Waals surface area contributed by atoms with Crippen LogP contribution in [0.15, 0.2) is 78.9 Å². The van der Waals surface area contributed by atoms with Crippen molar-refractivity contribution in [2.24, 2.45) is 5.92 Å². The van der Waals surface area contributed by atoms with Crippen LogP contribution < -0.4 is 0 Å². The molecular formula is C44H58Cl2Hf. The van der Waals surface area contributed by atoms with Gasteiger partial charge in [-0.3, -0.25) is 6.08 Å². The van der Waals surface area contributed by atoms with Gasteiger partial charge in [0.1, 0.15) is 0 Å². The van der Waals surface area contributed by atoms with Crippen LogP contribution in [0.1, 0.15) is 141 Å². The molecule has 2 aliphatic rings. The summed E-state index contributed by atoms with van der Waals surface area (Å²) in [5, 5.41) is 5.48. The first-order valence-corrected chi connectivity index (χ1v) is 19.0. The normalized spacial score (nSPS) is 14.5. The minimum Gasteiger partial charge on any atom is -0.273 e. The molecule has 0 nitrogen and oxygen atoms in total. The Morgan fingerprint density at radius 2 is 1.19 bits per heavy atom. The van der Waals surface area contributed by atoms with Crippen LogP contribution >= 0.6 is 24.8 Å². The third-order valence-electron chi connectivity index (χ3n) is 9.41. The zero-order valence-electron chi connectivity index (χ0n) is 30.6. The quantitative estimate of drug-likeness (QED) is 0.142. The first kappa shape index (κ1) is 41.5. The van der Waals surface area contributed by atoms with E-state index < -0.39 is 0 Å².